The molecule has 1 amide bonds. The molecular weight excluding hydrogens is 316 g/mol. The van der Waals surface area contributed by atoms with Crippen LogP contribution in [0.5, 0.6) is 5.75 Å². The minimum absolute atomic E-state index is 0.120. The largest absolute Gasteiger partial charge is 0.491 e. The van der Waals surface area contributed by atoms with E-state index in [1.165, 1.54) is 0 Å². The third-order valence-corrected chi connectivity index (χ3v) is 3.39. The van der Waals surface area contributed by atoms with E-state index in [0.717, 1.165) is 17.7 Å². The Kier molecular flexibility index (Phi) is 6.26. The number of amides is 1. The summed E-state index contributed by atoms with van der Waals surface area (Å²) < 4.78 is 32.9. The van der Waals surface area contributed by atoms with Crippen molar-refractivity contribution in [1.82, 2.24) is 5.32 Å². The predicted octanol–water partition coefficient (Wildman–Crippen LogP) is 2.70. The summed E-state index contributed by atoms with van der Waals surface area (Å²) in [6.07, 6.45) is -0.539. The summed E-state index contributed by atoms with van der Waals surface area (Å²) in [4.78, 5) is 12.0. The van der Waals surface area contributed by atoms with E-state index >= 15 is 0 Å². The van der Waals surface area contributed by atoms with Gasteiger partial charge in [-0.2, -0.15) is 0 Å². The van der Waals surface area contributed by atoms with Gasteiger partial charge in [-0.1, -0.05) is 30.3 Å². The number of hydrogen-bond acceptors (Lipinski definition) is 3. The summed E-state index contributed by atoms with van der Waals surface area (Å²) in [6.45, 7) is 1.73. The van der Waals surface area contributed by atoms with Crippen LogP contribution in [0.25, 0.3) is 0 Å². The van der Waals surface area contributed by atoms with Gasteiger partial charge in [0.1, 0.15) is 11.4 Å². The molecule has 0 aliphatic carbocycles. The normalized spacial score (nSPS) is 11.8. The fourth-order valence-electron chi connectivity index (χ4n) is 2.27. The SMILES string of the molecule is CCOc1ccc(F)c(C(=O)NCC(O)Cc2ccccc2)c1F. The molecule has 0 fully saturated rings. The van der Waals surface area contributed by atoms with E-state index in [4.69, 9.17) is 4.74 Å². The van der Waals surface area contributed by atoms with Gasteiger partial charge in [-0.15, -0.1) is 0 Å². The van der Waals surface area contributed by atoms with Crippen molar-refractivity contribution in [3.8, 4) is 5.75 Å². The molecule has 0 saturated carbocycles. The fraction of sp³-hybridized carbons (Fsp3) is 0.278. The molecule has 1 unspecified atom stereocenters. The van der Waals surface area contributed by atoms with Gasteiger partial charge in [0, 0.05) is 13.0 Å². The van der Waals surface area contributed by atoms with E-state index in [0.29, 0.717) is 6.42 Å². The van der Waals surface area contributed by atoms with Gasteiger partial charge >= 0.3 is 0 Å². The van der Waals surface area contributed by atoms with Crippen molar-refractivity contribution < 1.29 is 23.4 Å². The van der Waals surface area contributed by atoms with Crippen LogP contribution in [-0.2, 0) is 6.42 Å². The van der Waals surface area contributed by atoms with Crippen molar-refractivity contribution in [1.29, 1.82) is 0 Å². The second kappa shape index (κ2) is 8.40. The molecule has 2 aromatic rings. The Balaban J connectivity index is 2.01. The van der Waals surface area contributed by atoms with Gasteiger partial charge < -0.3 is 15.2 Å². The van der Waals surface area contributed by atoms with Crippen molar-refractivity contribution in [2.75, 3.05) is 13.2 Å². The number of carbonyl (C=O) groups is 1. The quantitative estimate of drug-likeness (QED) is 0.818. The topological polar surface area (TPSA) is 58.6 Å². The second-order valence-electron chi connectivity index (χ2n) is 5.22. The molecule has 0 bridgehead atoms. The summed E-state index contributed by atoms with van der Waals surface area (Å²) in [5.74, 6) is -3.15. The maximum absolute atomic E-state index is 14.2. The minimum Gasteiger partial charge on any atom is -0.491 e. The highest BCUT2D eigenvalue weighted by Crippen LogP contribution is 2.23. The van der Waals surface area contributed by atoms with E-state index < -0.39 is 29.2 Å². The number of ether oxygens (including phenoxy) is 1. The minimum atomic E-state index is -1.05. The maximum Gasteiger partial charge on any atom is 0.257 e. The molecule has 2 rings (SSSR count). The molecule has 0 saturated heterocycles. The molecule has 2 aromatic carbocycles. The smallest absolute Gasteiger partial charge is 0.257 e. The molecule has 0 aliphatic heterocycles. The van der Waals surface area contributed by atoms with Crippen molar-refractivity contribution in [2.45, 2.75) is 19.4 Å². The lowest BCUT2D eigenvalue weighted by Gasteiger charge is -2.14. The molecule has 128 valence electrons. The van der Waals surface area contributed by atoms with Crippen molar-refractivity contribution in [2.24, 2.45) is 0 Å². The van der Waals surface area contributed by atoms with E-state index in [2.05, 4.69) is 5.32 Å². The highest BCUT2D eigenvalue weighted by Gasteiger charge is 2.21. The lowest BCUT2D eigenvalue weighted by molar-refractivity contribution is 0.0906. The Labute approximate surface area is 139 Å². The summed E-state index contributed by atoms with van der Waals surface area (Å²) in [6, 6.07) is 11.3. The number of nitrogens with one attached hydrogen (secondary N) is 1. The number of benzene rings is 2. The molecule has 0 spiro atoms. The monoisotopic (exact) mass is 335 g/mol. The van der Waals surface area contributed by atoms with Crippen LogP contribution in [0, 0.1) is 11.6 Å². The molecule has 6 heteroatoms. The highest BCUT2D eigenvalue weighted by atomic mass is 19.1. The average Bonchev–Trinajstić information content (AvgIpc) is 2.57. The van der Waals surface area contributed by atoms with Crippen LogP contribution < -0.4 is 10.1 Å². The zero-order chi connectivity index (χ0) is 17.5. The Morgan fingerprint density at radius 3 is 2.58 bits per heavy atom. The number of aliphatic hydroxyl groups is 1. The summed E-state index contributed by atoms with van der Waals surface area (Å²) in [7, 11) is 0. The number of aliphatic hydroxyl groups excluding tert-OH is 1. The standard InChI is InChI=1S/C18H19F2NO3/c1-2-24-15-9-8-14(19)16(17(15)20)18(23)21-11-13(22)10-12-6-4-3-5-7-12/h3-9,13,22H,2,10-11H2,1H3,(H,21,23). The number of rotatable bonds is 7. The van der Waals surface area contributed by atoms with Crippen LogP contribution in [0.4, 0.5) is 8.78 Å². The van der Waals surface area contributed by atoms with Crippen LogP contribution in [0.2, 0.25) is 0 Å². The zero-order valence-electron chi connectivity index (χ0n) is 13.3. The van der Waals surface area contributed by atoms with E-state index in [-0.39, 0.29) is 18.9 Å². The highest BCUT2D eigenvalue weighted by molar-refractivity contribution is 5.95. The average molecular weight is 335 g/mol. The molecule has 0 radical (unpaired) electrons. The summed E-state index contributed by atoms with van der Waals surface area (Å²) >= 11 is 0. The first-order valence-electron chi connectivity index (χ1n) is 7.64. The Morgan fingerprint density at radius 1 is 1.21 bits per heavy atom. The van der Waals surface area contributed by atoms with Gasteiger partial charge in [0.2, 0.25) is 0 Å². The van der Waals surface area contributed by atoms with Gasteiger partial charge in [0.15, 0.2) is 11.6 Å². The number of carbonyl (C=O) groups excluding carboxylic acids is 1. The Morgan fingerprint density at radius 2 is 1.92 bits per heavy atom. The first-order chi connectivity index (χ1) is 11.5. The molecule has 0 aliphatic rings. The molecule has 4 nitrogen and oxygen atoms in total. The molecule has 0 heterocycles. The Bertz CT molecular complexity index is 692. The number of halogens is 2. The van der Waals surface area contributed by atoms with Crippen molar-refractivity contribution in [3.05, 3.63) is 65.2 Å². The fourth-order valence-corrected chi connectivity index (χ4v) is 2.27. The maximum atomic E-state index is 14.2. The van der Waals surface area contributed by atoms with E-state index in [1.54, 1.807) is 6.92 Å². The van der Waals surface area contributed by atoms with E-state index in [1.807, 2.05) is 30.3 Å². The van der Waals surface area contributed by atoms with Crippen molar-refractivity contribution >= 4 is 5.91 Å². The van der Waals surface area contributed by atoms with Gasteiger partial charge in [0.05, 0.1) is 12.7 Å². The Hall–Kier alpha value is -2.47. The molecule has 1 atom stereocenters. The number of hydrogen-bond donors (Lipinski definition) is 2. The van der Waals surface area contributed by atoms with Crippen LogP contribution in [0.15, 0.2) is 42.5 Å². The molecule has 0 aromatic heterocycles. The summed E-state index contributed by atoms with van der Waals surface area (Å²) in [5, 5.41) is 12.3. The first kappa shape index (κ1) is 17.9. The zero-order valence-corrected chi connectivity index (χ0v) is 13.3. The van der Waals surface area contributed by atoms with Crippen LogP contribution in [-0.4, -0.2) is 30.3 Å². The predicted molar refractivity (Wildman–Crippen MR) is 86.0 cm³/mol. The van der Waals surface area contributed by atoms with Crippen LogP contribution >= 0.6 is 0 Å². The third-order valence-electron chi connectivity index (χ3n) is 3.39. The van der Waals surface area contributed by atoms with Gasteiger partial charge in [-0.25, -0.2) is 8.78 Å². The van der Waals surface area contributed by atoms with Crippen molar-refractivity contribution in [3.63, 3.8) is 0 Å². The molecule has 24 heavy (non-hydrogen) atoms. The lowest BCUT2D eigenvalue weighted by atomic mass is 10.1. The molecule has 2 N–H and O–H groups in total. The van der Waals surface area contributed by atoms with Gasteiger partial charge in [-0.05, 0) is 24.6 Å². The second-order valence-corrected chi connectivity index (χ2v) is 5.22. The lowest BCUT2D eigenvalue weighted by Crippen LogP contribution is -2.34. The van der Waals surface area contributed by atoms with E-state index in [9.17, 15) is 18.7 Å². The van der Waals surface area contributed by atoms with Crippen LogP contribution in [0.1, 0.15) is 22.8 Å². The van der Waals surface area contributed by atoms with Gasteiger partial charge in [0.25, 0.3) is 5.91 Å². The summed E-state index contributed by atoms with van der Waals surface area (Å²) in [5.41, 5.74) is 0.183. The third kappa shape index (κ3) is 4.52. The first-order valence-corrected chi connectivity index (χ1v) is 7.64. The van der Waals surface area contributed by atoms with Gasteiger partial charge in [-0.3, -0.25) is 4.79 Å². The molecular formula is C18H19F2NO3. The van der Waals surface area contributed by atoms with Crippen LogP contribution in [0.3, 0.4) is 0 Å².